The van der Waals surface area contributed by atoms with Crippen LogP contribution in [0.3, 0.4) is 0 Å². The van der Waals surface area contributed by atoms with Gasteiger partial charge in [-0.1, -0.05) is 42.5 Å². The smallest absolute Gasteiger partial charge is 0.251 e. The van der Waals surface area contributed by atoms with Gasteiger partial charge in [-0.3, -0.25) is 9.63 Å². The van der Waals surface area contributed by atoms with Crippen LogP contribution in [0.4, 0.5) is 0 Å². The number of nitrogens with one attached hydrogen (secondary N) is 2. The summed E-state index contributed by atoms with van der Waals surface area (Å²) in [4.78, 5) is 21.8. The fourth-order valence-corrected chi connectivity index (χ4v) is 3.58. The molecule has 8 nitrogen and oxygen atoms in total. The minimum Gasteiger partial charge on any atom is -0.438 e. The Balaban J connectivity index is 1.35. The number of carbonyl (C=O) groups excluding carboxylic acids is 1. The van der Waals surface area contributed by atoms with Gasteiger partial charge >= 0.3 is 0 Å². The zero-order chi connectivity index (χ0) is 22.6. The fourth-order valence-electron chi connectivity index (χ4n) is 3.02. The van der Waals surface area contributed by atoms with Crippen molar-refractivity contribution in [3.05, 3.63) is 102 Å². The first-order chi connectivity index (χ1) is 15.4. The molecule has 0 radical (unpaired) electrons. The quantitative estimate of drug-likeness (QED) is 0.569. The minimum absolute atomic E-state index is 0.0276. The summed E-state index contributed by atoms with van der Waals surface area (Å²) in [5.74, 6) is 0.565. The third kappa shape index (κ3) is 5.32. The molecular formula is C23H21N3O5S. The van der Waals surface area contributed by atoms with Crippen LogP contribution in [0, 0.1) is 0 Å². The number of ether oxygens (including phenoxy) is 1. The highest BCUT2D eigenvalue weighted by Gasteiger charge is 2.20. The molecule has 0 saturated heterocycles. The zero-order valence-corrected chi connectivity index (χ0v) is 18.0. The Hall–Kier alpha value is -3.69. The van der Waals surface area contributed by atoms with Crippen molar-refractivity contribution in [2.45, 2.75) is 17.7 Å². The Morgan fingerprint density at radius 3 is 2.50 bits per heavy atom. The number of pyridine rings is 1. The molecular weight excluding hydrogens is 430 g/mol. The molecule has 0 saturated carbocycles. The number of hydroxylamine groups is 1. The van der Waals surface area contributed by atoms with E-state index >= 15 is 0 Å². The standard InChI is InChI=1S/C23H21N3O5S/c1-32(28,29)22-12-11-19(15-24-22)30-21-13-20(31-26-21)17-7-9-18(10-8-17)23(27)25-14-16-5-3-2-4-6-16/h2-13,15,20,26H,14H2,1H3,(H,25,27)/t20-/m0/s1. The predicted octanol–water partition coefficient (Wildman–Crippen LogP) is 2.91. The molecule has 0 spiro atoms. The molecule has 0 aliphatic carbocycles. The van der Waals surface area contributed by atoms with Crippen LogP contribution < -0.4 is 15.5 Å². The molecule has 1 aromatic heterocycles. The molecule has 1 atom stereocenters. The van der Waals surface area contributed by atoms with Gasteiger partial charge < -0.3 is 10.1 Å². The van der Waals surface area contributed by atoms with Crippen molar-refractivity contribution in [3.63, 3.8) is 0 Å². The van der Waals surface area contributed by atoms with Gasteiger partial charge in [0.1, 0.15) is 11.9 Å². The Bertz CT molecular complexity index is 1220. The van der Waals surface area contributed by atoms with E-state index in [1.807, 2.05) is 42.5 Å². The summed E-state index contributed by atoms with van der Waals surface area (Å²) in [6, 6.07) is 19.7. The topological polar surface area (TPSA) is 107 Å². The molecule has 4 rings (SSSR count). The maximum absolute atomic E-state index is 12.4. The SMILES string of the molecule is CS(=O)(=O)c1ccc(OC2=C[C@@H](c3ccc(C(=O)NCc4ccccc4)cc3)ON2)cn1. The summed E-state index contributed by atoms with van der Waals surface area (Å²) in [6.45, 7) is 0.459. The number of amides is 1. The predicted molar refractivity (Wildman–Crippen MR) is 117 cm³/mol. The number of benzene rings is 2. The van der Waals surface area contributed by atoms with Crippen LogP contribution in [0.1, 0.15) is 27.6 Å². The summed E-state index contributed by atoms with van der Waals surface area (Å²) in [7, 11) is -3.37. The number of aromatic nitrogens is 1. The van der Waals surface area contributed by atoms with Crippen molar-refractivity contribution >= 4 is 15.7 Å². The molecule has 1 aliphatic rings. The lowest BCUT2D eigenvalue weighted by Gasteiger charge is -2.09. The lowest BCUT2D eigenvalue weighted by molar-refractivity contribution is 0.0273. The molecule has 164 valence electrons. The lowest BCUT2D eigenvalue weighted by Crippen LogP contribution is -2.22. The maximum Gasteiger partial charge on any atom is 0.251 e. The molecule has 2 aromatic carbocycles. The van der Waals surface area contributed by atoms with Gasteiger partial charge in [-0.2, -0.15) is 0 Å². The van der Waals surface area contributed by atoms with Crippen molar-refractivity contribution < 1.29 is 22.8 Å². The minimum atomic E-state index is -3.37. The highest BCUT2D eigenvalue weighted by Crippen LogP contribution is 2.26. The van der Waals surface area contributed by atoms with Crippen LogP contribution in [0.5, 0.6) is 5.75 Å². The number of sulfone groups is 1. The van der Waals surface area contributed by atoms with Crippen molar-refractivity contribution in [3.8, 4) is 5.75 Å². The van der Waals surface area contributed by atoms with Gasteiger partial charge in [0.15, 0.2) is 14.9 Å². The molecule has 3 aromatic rings. The second-order valence-corrected chi connectivity index (χ2v) is 9.13. The van der Waals surface area contributed by atoms with Gasteiger partial charge in [-0.05, 0) is 35.4 Å². The molecule has 2 heterocycles. The molecule has 0 unspecified atom stereocenters. The van der Waals surface area contributed by atoms with Crippen LogP contribution in [0.15, 0.2) is 89.9 Å². The second kappa shape index (κ2) is 9.21. The zero-order valence-electron chi connectivity index (χ0n) is 17.2. The monoisotopic (exact) mass is 451 g/mol. The van der Waals surface area contributed by atoms with E-state index in [0.29, 0.717) is 23.7 Å². The van der Waals surface area contributed by atoms with Gasteiger partial charge in [0.05, 0.1) is 6.20 Å². The third-order valence-corrected chi connectivity index (χ3v) is 5.70. The fraction of sp³-hybridized carbons (Fsp3) is 0.130. The summed E-state index contributed by atoms with van der Waals surface area (Å²) >= 11 is 0. The Labute approximate surface area is 185 Å². The largest absolute Gasteiger partial charge is 0.438 e. The van der Waals surface area contributed by atoms with E-state index < -0.39 is 15.9 Å². The van der Waals surface area contributed by atoms with E-state index in [1.165, 1.54) is 18.3 Å². The average Bonchev–Trinajstić information content (AvgIpc) is 3.26. The summed E-state index contributed by atoms with van der Waals surface area (Å²) in [6.07, 6.45) is 3.74. The Morgan fingerprint density at radius 1 is 1.09 bits per heavy atom. The second-order valence-electron chi connectivity index (χ2n) is 7.17. The summed E-state index contributed by atoms with van der Waals surface area (Å²) in [5.41, 5.74) is 5.10. The normalized spacial score (nSPS) is 15.5. The van der Waals surface area contributed by atoms with Gasteiger partial charge in [-0.25, -0.2) is 18.9 Å². The highest BCUT2D eigenvalue weighted by molar-refractivity contribution is 7.90. The van der Waals surface area contributed by atoms with E-state index in [4.69, 9.17) is 9.57 Å². The number of hydrogen-bond acceptors (Lipinski definition) is 7. The summed E-state index contributed by atoms with van der Waals surface area (Å²) in [5, 5.41) is 2.87. The van der Waals surface area contributed by atoms with Crippen molar-refractivity contribution in [1.82, 2.24) is 15.8 Å². The highest BCUT2D eigenvalue weighted by atomic mass is 32.2. The molecule has 1 aliphatic heterocycles. The lowest BCUT2D eigenvalue weighted by atomic mass is 10.1. The first-order valence-electron chi connectivity index (χ1n) is 9.78. The number of rotatable bonds is 7. The van der Waals surface area contributed by atoms with Gasteiger partial charge in [-0.15, -0.1) is 0 Å². The van der Waals surface area contributed by atoms with E-state index in [2.05, 4.69) is 15.8 Å². The maximum atomic E-state index is 12.4. The van der Waals surface area contributed by atoms with Crippen LogP contribution >= 0.6 is 0 Å². The first kappa shape index (κ1) is 21.5. The molecule has 1 amide bonds. The van der Waals surface area contributed by atoms with Crippen molar-refractivity contribution in [2.75, 3.05) is 6.26 Å². The van der Waals surface area contributed by atoms with Crippen LogP contribution in [0.25, 0.3) is 0 Å². The Kier molecular flexibility index (Phi) is 6.20. The Morgan fingerprint density at radius 2 is 1.84 bits per heavy atom. The molecule has 9 heteroatoms. The number of carbonyl (C=O) groups is 1. The molecule has 32 heavy (non-hydrogen) atoms. The molecule has 0 fully saturated rings. The van der Waals surface area contributed by atoms with Crippen LogP contribution in [-0.2, 0) is 21.2 Å². The third-order valence-electron chi connectivity index (χ3n) is 4.70. The molecule has 2 N–H and O–H groups in total. The van der Waals surface area contributed by atoms with Gasteiger partial charge in [0.25, 0.3) is 5.91 Å². The van der Waals surface area contributed by atoms with Gasteiger partial charge in [0.2, 0.25) is 5.88 Å². The van der Waals surface area contributed by atoms with E-state index in [9.17, 15) is 13.2 Å². The van der Waals surface area contributed by atoms with E-state index in [-0.39, 0.29) is 10.9 Å². The van der Waals surface area contributed by atoms with E-state index in [0.717, 1.165) is 17.4 Å². The van der Waals surface area contributed by atoms with Crippen molar-refractivity contribution in [2.24, 2.45) is 0 Å². The molecule has 0 bridgehead atoms. The number of hydrogen-bond donors (Lipinski definition) is 2. The van der Waals surface area contributed by atoms with E-state index in [1.54, 1.807) is 18.2 Å². The van der Waals surface area contributed by atoms with Crippen molar-refractivity contribution in [1.29, 1.82) is 0 Å². The first-order valence-corrected chi connectivity index (χ1v) is 11.7. The van der Waals surface area contributed by atoms with Crippen LogP contribution in [-0.4, -0.2) is 25.6 Å². The van der Waals surface area contributed by atoms with Gasteiger partial charge in [0, 0.05) is 24.4 Å². The number of nitrogens with zero attached hydrogens (tertiary/aromatic N) is 1. The average molecular weight is 452 g/mol. The summed E-state index contributed by atoms with van der Waals surface area (Å²) < 4.78 is 28.6. The van der Waals surface area contributed by atoms with Crippen LogP contribution in [0.2, 0.25) is 0 Å².